The maximum atomic E-state index is 14.5. The first-order valence-electron chi connectivity index (χ1n) is 10.5. The molecule has 2 aliphatic rings. The number of hydrogen-bond acceptors (Lipinski definition) is 2. The average molecular weight is 405 g/mol. The largest absolute Gasteiger partial charge is 0.361 e. The minimum absolute atomic E-state index is 0.106. The summed E-state index contributed by atoms with van der Waals surface area (Å²) in [6, 6.07) is 12.8. The summed E-state index contributed by atoms with van der Waals surface area (Å²) in [5, 5.41) is 1.13. The van der Waals surface area contributed by atoms with Crippen molar-refractivity contribution in [2.24, 2.45) is 5.92 Å². The molecule has 0 unspecified atom stereocenters. The third-order valence-corrected chi connectivity index (χ3v) is 6.14. The lowest BCUT2D eigenvalue weighted by Gasteiger charge is -2.35. The van der Waals surface area contributed by atoms with Crippen LogP contribution in [0.4, 0.5) is 4.39 Å². The number of carbonyl (C=O) groups excluding carboxylic acids is 2. The van der Waals surface area contributed by atoms with Gasteiger partial charge in [0, 0.05) is 49.2 Å². The number of halogens is 1. The smallest absolute Gasteiger partial charge is 0.256 e. The number of piperazine rings is 1. The lowest BCUT2D eigenvalue weighted by Crippen LogP contribution is -2.51. The Bertz CT molecular complexity index is 1110. The molecule has 5 rings (SSSR count). The maximum Gasteiger partial charge on any atom is 0.256 e. The van der Waals surface area contributed by atoms with Crippen LogP contribution < -0.4 is 0 Å². The van der Waals surface area contributed by atoms with E-state index in [4.69, 9.17) is 0 Å². The predicted octanol–water partition coefficient (Wildman–Crippen LogP) is 3.59. The molecule has 2 fully saturated rings. The van der Waals surface area contributed by atoms with Crippen molar-refractivity contribution in [3.63, 3.8) is 0 Å². The first kappa shape index (κ1) is 18.9. The second kappa shape index (κ2) is 7.59. The van der Waals surface area contributed by atoms with Gasteiger partial charge in [-0.2, -0.15) is 0 Å². The number of nitrogens with zero attached hydrogens (tertiary/aromatic N) is 2. The van der Waals surface area contributed by atoms with E-state index >= 15 is 0 Å². The Labute approximate surface area is 174 Å². The highest BCUT2D eigenvalue weighted by molar-refractivity contribution is 5.95. The Balaban J connectivity index is 1.31. The fraction of sp³-hybridized carbons (Fsp3) is 0.333. The van der Waals surface area contributed by atoms with Crippen LogP contribution in [0.2, 0.25) is 0 Å². The molecule has 1 aliphatic heterocycles. The van der Waals surface area contributed by atoms with Crippen molar-refractivity contribution in [3.8, 4) is 0 Å². The summed E-state index contributed by atoms with van der Waals surface area (Å²) < 4.78 is 14.5. The van der Waals surface area contributed by atoms with Crippen molar-refractivity contribution < 1.29 is 14.0 Å². The Morgan fingerprint density at radius 1 is 1.00 bits per heavy atom. The summed E-state index contributed by atoms with van der Waals surface area (Å²) in [6.07, 6.45) is 4.54. The van der Waals surface area contributed by atoms with Gasteiger partial charge in [-0.15, -0.1) is 0 Å². The topological polar surface area (TPSA) is 56.4 Å². The number of nitrogens with one attached hydrogen (secondary N) is 1. The zero-order valence-corrected chi connectivity index (χ0v) is 16.7. The molecule has 0 atom stereocenters. The molecule has 1 aromatic heterocycles. The van der Waals surface area contributed by atoms with Gasteiger partial charge in [0.05, 0.1) is 5.56 Å². The lowest BCUT2D eigenvalue weighted by atomic mass is 10.0. The predicted molar refractivity (Wildman–Crippen MR) is 113 cm³/mol. The Morgan fingerprint density at radius 3 is 2.50 bits per heavy atom. The summed E-state index contributed by atoms with van der Waals surface area (Å²) in [4.78, 5) is 31.9. The summed E-state index contributed by atoms with van der Waals surface area (Å²) in [6.45, 7) is 1.95. The van der Waals surface area contributed by atoms with E-state index in [1.54, 1.807) is 17.0 Å². The van der Waals surface area contributed by atoms with E-state index in [0.717, 1.165) is 34.9 Å². The molecule has 3 aromatic rings. The third kappa shape index (κ3) is 3.58. The van der Waals surface area contributed by atoms with E-state index in [2.05, 4.69) is 11.1 Å². The zero-order valence-electron chi connectivity index (χ0n) is 16.7. The normalized spacial score (nSPS) is 16.8. The van der Waals surface area contributed by atoms with Gasteiger partial charge in [-0.05, 0) is 48.6 Å². The molecule has 0 bridgehead atoms. The number of benzene rings is 2. The van der Waals surface area contributed by atoms with E-state index in [1.807, 2.05) is 29.3 Å². The molecule has 2 heterocycles. The number of aromatic nitrogens is 1. The van der Waals surface area contributed by atoms with Crippen molar-refractivity contribution in [1.29, 1.82) is 0 Å². The molecule has 1 saturated heterocycles. The van der Waals surface area contributed by atoms with E-state index in [-0.39, 0.29) is 23.3 Å². The quantitative estimate of drug-likeness (QED) is 0.721. The molecule has 1 aliphatic carbocycles. The number of amides is 2. The maximum absolute atomic E-state index is 14.5. The van der Waals surface area contributed by atoms with Gasteiger partial charge in [-0.3, -0.25) is 9.59 Å². The van der Waals surface area contributed by atoms with E-state index in [1.165, 1.54) is 6.07 Å². The van der Waals surface area contributed by atoms with Crippen molar-refractivity contribution in [2.45, 2.75) is 19.3 Å². The van der Waals surface area contributed by atoms with Crippen LogP contribution >= 0.6 is 0 Å². The molecule has 6 heteroatoms. The standard InChI is InChI=1S/C24H24FN3O2/c25-21-8-5-16(13-18-15-26-22-4-2-1-3-19(18)22)14-20(21)24(30)28-11-9-27(10-12-28)23(29)17-6-7-17/h1-5,8,14-15,17,26H,6-7,9-13H2. The first-order chi connectivity index (χ1) is 14.6. The molecular formula is C24H24FN3O2. The van der Waals surface area contributed by atoms with E-state index in [9.17, 15) is 14.0 Å². The molecule has 0 radical (unpaired) electrons. The Kier molecular flexibility index (Phi) is 4.77. The molecule has 30 heavy (non-hydrogen) atoms. The average Bonchev–Trinajstić information content (AvgIpc) is 3.56. The van der Waals surface area contributed by atoms with Crippen LogP contribution in [0.15, 0.2) is 48.7 Å². The van der Waals surface area contributed by atoms with Gasteiger partial charge >= 0.3 is 0 Å². The fourth-order valence-corrected chi connectivity index (χ4v) is 4.23. The lowest BCUT2D eigenvalue weighted by molar-refractivity contribution is -0.134. The highest BCUT2D eigenvalue weighted by Crippen LogP contribution is 2.31. The monoisotopic (exact) mass is 405 g/mol. The van der Waals surface area contributed by atoms with Crippen LogP contribution in [-0.4, -0.2) is 52.8 Å². The summed E-state index contributed by atoms with van der Waals surface area (Å²) in [5.74, 6) is -0.411. The number of rotatable bonds is 4. The summed E-state index contributed by atoms with van der Waals surface area (Å²) >= 11 is 0. The molecule has 5 nitrogen and oxygen atoms in total. The van der Waals surface area contributed by atoms with Crippen LogP contribution in [0.3, 0.4) is 0 Å². The number of fused-ring (bicyclic) bond motifs is 1. The van der Waals surface area contributed by atoms with Crippen molar-refractivity contribution in [2.75, 3.05) is 26.2 Å². The minimum Gasteiger partial charge on any atom is -0.361 e. The van der Waals surface area contributed by atoms with Crippen LogP contribution in [0, 0.1) is 11.7 Å². The van der Waals surface area contributed by atoms with Crippen LogP contribution in [0.1, 0.15) is 34.3 Å². The van der Waals surface area contributed by atoms with Gasteiger partial charge in [0.15, 0.2) is 0 Å². The first-order valence-corrected chi connectivity index (χ1v) is 10.5. The number of H-pyrrole nitrogens is 1. The molecule has 1 saturated carbocycles. The second-order valence-corrected chi connectivity index (χ2v) is 8.24. The Morgan fingerprint density at radius 2 is 1.73 bits per heavy atom. The number of carbonyl (C=O) groups is 2. The molecule has 2 aromatic carbocycles. The third-order valence-electron chi connectivity index (χ3n) is 6.14. The van der Waals surface area contributed by atoms with Crippen LogP contribution in [0.5, 0.6) is 0 Å². The molecule has 0 spiro atoms. The SMILES string of the molecule is O=C(c1cc(Cc2c[nH]c3ccccc23)ccc1F)N1CCN(C(=O)C2CC2)CC1. The van der Waals surface area contributed by atoms with Gasteiger partial charge < -0.3 is 14.8 Å². The zero-order chi connectivity index (χ0) is 20.7. The van der Waals surface area contributed by atoms with Crippen LogP contribution in [-0.2, 0) is 11.2 Å². The van der Waals surface area contributed by atoms with Gasteiger partial charge in [-0.1, -0.05) is 24.3 Å². The second-order valence-electron chi connectivity index (χ2n) is 8.24. The fourth-order valence-electron chi connectivity index (χ4n) is 4.23. The molecule has 2 amide bonds. The highest BCUT2D eigenvalue weighted by atomic mass is 19.1. The minimum atomic E-state index is -0.501. The number of para-hydroxylation sites is 1. The highest BCUT2D eigenvalue weighted by Gasteiger charge is 2.35. The summed E-state index contributed by atoms with van der Waals surface area (Å²) in [7, 11) is 0. The van der Waals surface area contributed by atoms with Crippen molar-refractivity contribution in [3.05, 3.63) is 71.2 Å². The number of hydrogen-bond donors (Lipinski definition) is 1. The molecule has 1 N–H and O–H groups in total. The van der Waals surface area contributed by atoms with Gasteiger partial charge in [0.1, 0.15) is 5.82 Å². The van der Waals surface area contributed by atoms with E-state index in [0.29, 0.717) is 32.6 Å². The van der Waals surface area contributed by atoms with Gasteiger partial charge in [0.25, 0.3) is 5.91 Å². The van der Waals surface area contributed by atoms with Gasteiger partial charge in [-0.25, -0.2) is 4.39 Å². The number of aromatic amines is 1. The molecule has 154 valence electrons. The van der Waals surface area contributed by atoms with Crippen molar-refractivity contribution in [1.82, 2.24) is 14.8 Å². The van der Waals surface area contributed by atoms with Crippen molar-refractivity contribution >= 4 is 22.7 Å². The Hall–Kier alpha value is -3.15. The molecular weight excluding hydrogens is 381 g/mol. The van der Waals surface area contributed by atoms with Gasteiger partial charge in [0.2, 0.25) is 5.91 Å². The van der Waals surface area contributed by atoms with E-state index < -0.39 is 5.82 Å². The summed E-state index contributed by atoms with van der Waals surface area (Å²) in [5.41, 5.74) is 3.17. The van der Waals surface area contributed by atoms with Crippen LogP contribution in [0.25, 0.3) is 10.9 Å².